The average Bonchev–Trinajstić information content (AvgIpc) is 3.77. The van der Waals surface area contributed by atoms with Gasteiger partial charge in [-0.3, -0.25) is 0 Å². The minimum atomic E-state index is 0. The third-order valence-electron chi connectivity index (χ3n) is 8.20. The molecule has 9 rings (SSSR count). The Hall–Kier alpha value is -3.88. The Kier molecular flexibility index (Phi) is 9.32. The first-order valence-corrected chi connectivity index (χ1v) is 14.1. The van der Waals surface area contributed by atoms with Crippen molar-refractivity contribution in [3.05, 3.63) is 157 Å². The summed E-state index contributed by atoms with van der Waals surface area (Å²) in [5.74, 6) is 0. The molecule has 0 N–H and O–H groups in total. The van der Waals surface area contributed by atoms with E-state index < -0.39 is 0 Å². The molecule has 7 aromatic carbocycles. The predicted molar refractivity (Wildman–Crippen MR) is 175 cm³/mol. The Morgan fingerprint density at radius 1 is 0.432 bits per heavy atom. The van der Waals surface area contributed by atoms with Crippen LogP contribution in [0.4, 0.5) is 0 Å². The molecule has 2 aromatic heterocycles. The Bertz CT molecular complexity index is 2230. The summed E-state index contributed by atoms with van der Waals surface area (Å²) >= 11 is 0. The van der Waals surface area contributed by atoms with Crippen molar-refractivity contribution in [2.24, 2.45) is 0 Å². The average molecular weight is 687 g/mol. The first kappa shape index (κ1) is 31.5. The van der Waals surface area contributed by atoms with Crippen LogP contribution in [0.3, 0.4) is 0 Å². The molecule has 0 fully saturated rings. The molecule has 44 heavy (non-hydrogen) atoms. The second kappa shape index (κ2) is 13.0. The maximum absolute atomic E-state index is 2.37. The summed E-state index contributed by atoms with van der Waals surface area (Å²) in [6.07, 6.45) is 0. The first-order valence-electron chi connectivity index (χ1n) is 14.1. The van der Waals surface area contributed by atoms with E-state index >= 15 is 0 Å². The number of rotatable bonds is 2. The van der Waals surface area contributed by atoms with Crippen LogP contribution in [0.2, 0.25) is 0 Å². The largest absolute Gasteiger partial charge is 4.00 e. The van der Waals surface area contributed by atoms with Crippen molar-refractivity contribution < 1.29 is 51.0 Å². The molecular formula is C39H28Cl2N2Zr. The van der Waals surface area contributed by atoms with Crippen LogP contribution >= 0.6 is 0 Å². The zero-order valence-corrected chi connectivity index (χ0v) is 28.1. The van der Waals surface area contributed by atoms with E-state index in [2.05, 4.69) is 168 Å². The Balaban J connectivity index is 0.000000165. The molecule has 0 bridgehead atoms. The number of benzene rings is 5. The molecule has 0 unspecified atom stereocenters. The fourth-order valence-corrected chi connectivity index (χ4v) is 6.36. The molecule has 0 spiro atoms. The summed E-state index contributed by atoms with van der Waals surface area (Å²) in [6.45, 7) is 2.16. The third-order valence-corrected chi connectivity index (χ3v) is 8.20. The van der Waals surface area contributed by atoms with Crippen molar-refractivity contribution in [2.75, 3.05) is 0 Å². The van der Waals surface area contributed by atoms with Crippen LogP contribution in [0.1, 0.15) is 5.69 Å². The van der Waals surface area contributed by atoms with Crippen LogP contribution in [-0.4, -0.2) is 9.13 Å². The summed E-state index contributed by atoms with van der Waals surface area (Å²) in [5.41, 5.74) is 7.56. The zero-order chi connectivity index (χ0) is 27.3. The number of halogens is 2. The maximum Gasteiger partial charge on any atom is 4.00 e. The monoisotopic (exact) mass is 684 g/mol. The number of fused-ring (bicyclic) bond motifs is 6. The van der Waals surface area contributed by atoms with Crippen molar-refractivity contribution in [1.29, 1.82) is 0 Å². The quantitative estimate of drug-likeness (QED) is 0.238. The Morgan fingerprint density at radius 3 is 1.36 bits per heavy atom. The van der Waals surface area contributed by atoms with Crippen molar-refractivity contribution in [3.63, 3.8) is 0 Å². The molecule has 0 amide bonds. The topological polar surface area (TPSA) is 9.86 Å². The van der Waals surface area contributed by atoms with Gasteiger partial charge in [-0.2, -0.15) is 0 Å². The molecule has 0 saturated heterocycles. The van der Waals surface area contributed by atoms with Crippen LogP contribution in [0.25, 0.3) is 65.6 Å². The van der Waals surface area contributed by atoms with E-state index in [0.717, 1.165) is 0 Å². The van der Waals surface area contributed by atoms with Gasteiger partial charge in [0.15, 0.2) is 0 Å². The fraction of sp³-hybridized carbons (Fsp3) is 0.0256. The maximum atomic E-state index is 2.37. The van der Waals surface area contributed by atoms with Crippen LogP contribution in [0, 0.1) is 6.92 Å². The van der Waals surface area contributed by atoms with Gasteiger partial charge in [0.1, 0.15) is 0 Å². The van der Waals surface area contributed by atoms with Gasteiger partial charge in [0, 0.05) is 21.9 Å². The molecule has 0 aliphatic rings. The van der Waals surface area contributed by atoms with Crippen LogP contribution in [0.5, 0.6) is 0 Å². The van der Waals surface area contributed by atoms with Gasteiger partial charge in [0.05, 0.1) is 16.6 Å². The molecule has 0 saturated carbocycles. The van der Waals surface area contributed by atoms with Crippen molar-refractivity contribution in [2.45, 2.75) is 6.92 Å². The van der Waals surface area contributed by atoms with E-state index in [-0.39, 0.29) is 51.0 Å². The second-order valence-corrected chi connectivity index (χ2v) is 10.7. The molecule has 2 heterocycles. The van der Waals surface area contributed by atoms with Gasteiger partial charge in [0.25, 0.3) is 0 Å². The van der Waals surface area contributed by atoms with Gasteiger partial charge in [-0.05, 0) is 42.6 Å². The van der Waals surface area contributed by atoms with E-state index in [0.29, 0.717) is 0 Å². The van der Waals surface area contributed by atoms with Gasteiger partial charge >= 0.3 is 26.2 Å². The van der Waals surface area contributed by atoms with Gasteiger partial charge in [-0.1, -0.05) is 66.7 Å². The van der Waals surface area contributed by atoms with Crippen molar-refractivity contribution in [1.82, 2.24) is 9.13 Å². The van der Waals surface area contributed by atoms with Crippen LogP contribution in [0.15, 0.2) is 152 Å². The molecule has 2 nitrogen and oxygen atoms in total. The molecule has 0 radical (unpaired) electrons. The molecule has 0 aliphatic carbocycles. The predicted octanol–water partition coefficient (Wildman–Crippen LogP) is 4.47. The van der Waals surface area contributed by atoms with Gasteiger partial charge in [-0.25, -0.2) is 0 Å². The van der Waals surface area contributed by atoms with Crippen molar-refractivity contribution in [3.8, 4) is 11.4 Å². The SMILES string of the molecule is Cc1cc2ccccc2n1-c1cc2ccccc2[cH-]1.[Cl-].[Cl-].[Zr+4].c1ccc2[cH-]c(-n3c4ccccc4c4ccccc43)cc2c1. The number of hydrogen-bond donors (Lipinski definition) is 0. The molecule has 9 aromatic rings. The van der Waals surface area contributed by atoms with E-state index in [1.165, 1.54) is 71.3 Å². The van der Waals surface area contributed by atoms with Gasteiger partial charge < -0.3 is 33.9 Å². The van der Waals surface area contributed by atoms with E-state index in [1.54, 1.807) is 0 Å². The minimum absolute atomic E-state index is 0. The van der Waals surface area contributed by atoms with Gasteiger partial charge in [-0.15, -0.1) is 82.2 Å². The summed E-state index contributed by atoms with van der Waals surface area (Å²) in [4.78, 5) is 0. The summed E-state index contributed by atoms with van der Waals surface area (Å²) in [7, 11) is 0. The van der Waals surface area contributed by atoms with Crippen LogP contribution < -0.4 is 24.8 Å². The molecule has 0 atom stereocenters. The van der Waals surface area contributed by atoms with Gasteiger partial charge in [0.2, 0.25) is 0 Å². The minimum Gasteiger partial charge on any atom is -1.00 e. The number of aromatic nitrogens is 2. The molecule has 212 valence electrons. The van der Waals surface area contributed by atoms with E-state index in [4.69, 9.17) is 0 Å². The molecular weight excluding hydrogens is 659 g/mol. The summed E-state index contributed by atoms with van der Waals surface area (Å²) < 4.78 is 4.69. The smallest absolute Gasteiger partial charge is 1.00 e. The number of aryl methyl sites for hydroxylation is 1. The summed E-state index contributed by atoms with van der Waals surface area (Å²) in [5, 5.41) is 9.10. The number of nitrogens with zero attached hydrogens (tertiary/aromatic N) is 2. The van der Waals surface area contributed by atoms with E-state index in [9.17, 15) is 0 Å². The number of para-hydroxylation sites is 3. The second-order valence-electron chi connectivity index (χ2n) is 10.7. The number of hydrogen-bond acceptors (Lipinski definition) is 0. The fourth-order valence-electron chi connectivity index (χ4n) is 6.36. The summed E-state index contributed by atoms with van der Waals surface area (Å²) in [6, 6.07) is 54.2. The Morgan fingerprint density at radius 2 is 0.841 bits per heavy atom. The molecule has 5 heteroatoms. The van der Waals surface area contributed by atoms with E-state index in [1.807, 2.05) is 0 Å². The Labute approximate surface area is 288 Å². The third kappa shape index (κ3) is 5.35. The van der Waals surface area contributed by atoms with Crippen molar-refractivity contribution >= 4 is 54.3 Å². The first-order chi connectivity index (χ1) is 20.2. The normalized spacial score (nSPS) is 10.8. The zero-order valence-electron chi connectivity index (χ0n) is 24.1. The van der Waals surface area contributed by atoms with Crippen LogP contribution in [-0.2, 0) is 26.2 Å². The molecule has 0 aliphatic heterocycles. The standard InChI is InChI=1S/C21H14N.C18H14N.2ClH.Zr/c1-2-8-16-14-17(13-15(16)7-1)22-20-11-5-3-9-18(20)19-10-4-6-12-21(19)22;1-13-10-16-8-4-5-9-18(16)19(13)17-11-14-6-2-3-7-15(14)12-17;;;/h1-14H;2-12H,1H3;2*1H;/q2*-1;;;+4/p-2.